The van der Waals surface area contributed by atoms with Gasteiger partial charge in [-0.05, 0) is 38.1 Å². The van der Waals surface area contributed by atoms with Crippen molar-refractivity contribution in [1.82, 2.24) is 9.99 Å². The average molecular weight is 431 g/mol. The highest BCUT2D eigenvalue weighted by atomic mass is 35.5. The van der Waals surface area contributed by atoms with Gasteiger partial charge in [-0.2, -0.15) is 5.10 Å². The lowest BCUT2D eigenvalue weighted by atomic mass is 10.2. The minimum atomic E-state index is -0.666. The Morgan fingerprint density at radius 3 is 2.62 bits per heavy atom. The zero-order valence-corrected chi connectivity index (χ0v) is 17.0. The van der Waals surface area contributed by atoms with Gasteiger partial charge in [0.15, 0.2) is 0 Å². The highest BCUT2D eigenvalue weighted by Gasteiger charge is 2.19. The van der Waals surface area contributed by atoms with E-state index in [-0.39, 0.29) is 11.3 Å². The van der Waals surface area contributed by atoms with Crippen LogP contribution < -0.4 is 5.43 Å². The first-order valence-electron chi connectivity index (χ1n) is 8.51. The Morgan fingerprint density at radius 1 is 1.17 bits per heavy atom. The highest BCUT2D eigenvalue weighted by Crippen LogP contribution is 2.31. The lowest BCUT2D eigenvalue weighted by molar-refractivity contribution is -0.385. The summed E-state index contributed by atoms with van der Waals surface area (Å²) in [5.41, 5.74) is 5.21. The second-order valence-electron chi connectivity index (χ2n) is 6.21. The van der Waals surface area contributed by atoms with Gasteiger partial charge in [0.05, 0.1) is 26.9 Å². The van der Waals surface area contributed by atoms with E-state index in [4.69, 9.17) is 23.2 Å². The van der Waals surface area contributed by atoms with Gasteiger partial charge in [-0.25, -0.2) is 5.43 Å². The van der Waals surface area contributed by atoms with Gasteiger partial charge < -0.3 is 4.57 Å². The molecular formula is C20H16Cl2N4O3. The molecule has 0 bridgehead atoms. The van der Waals surface area contributed by atoms with Crippen molar-refractivity contribution in [2.75, 3.05) is 0 Å². The Balaban J connectivity index is 1.85. The Bertz CT molecular complexity index is 1140. The van der Waals surface area contributed by atoms with Crippen LogP contribution in [0.1, 0.15) is 27.3 Å². The molecule has 0 aliphatic carbocycles. The molecule has 3 aromatic rings. The van der Waals surface area contributed by atoms with Crippen LogP contribution in [0.4, 0.5) is 5.69 Å². The van der Waals surface area contributed by atoms with E-state index in [9.17, 15) is 14.9 Å². The summed E-state index contributed by atoms with van der Waals surface area (Å²) in [6.07, 6.45) is 1.48. The van der Waals surface area contributed by atoms with Crippen LogP contribution >= 0.6 is 23.2 Å². The predicted octanol–water partition coefficient (Wildman–Crippen LogP) is 5.07. The first-order valence-corrected chi connectivity index (χ1v) is 9.27. The Morgan fingerprint density at radius 2 is 1.90 bits per heavy atom. The van der Waals surface area contributed by atoms with Crippen molar-refractivity contribution in [2.24, 2.45) is 5.10 Å². The lowest BCUT2D eigenvalue weighted by Gasteiger charge is -2.12. The molecule has 0 spiro atoms. The fraction of sp³-hybridized carbons (Fsp3) is 0.100. The maximum absolute atomic E-state index is 12.3. The first-order chi connectivity index (χ1) is 13.8. The molecule has 0 saturated carbocycles. The zero-order valence-electron chi connectivity index (χ0n) is 15.5. The Hall–Kier alpha value is -3.16. The third-order valence-corrected chi connectivity index (χ3v) is 5.17. The van der Waals surface area contributed by atoms with Crippen LogP contribution in [0.5, 0.6) is 0 Å². The minimum Gasteiger partial charge on any atom is -0.316 e. The van der Waals surface area contributed by atoms with E-state index in [1.165, 1.54) is 24.4 Å². The number of hydrogen-bond donors (Lipinski definition) is 1. The molecule has 0 aliphatic heterocycles. The van der Waals surface area contributed by atoms with E-state index in [1.807, 2.05) is 36.6 Å². The van der Waals surface area contributed by atoms with Crippen molar-refractivity contribution in [1.29, 1.82) is 0 Å². The zero-order chi connectivity index (χ0) is 21.1. The molecule has 1 amide bonds. The smallest absolute Gasteiger partial charge is 0.282 e. The summed E-state index contributed by atoms with van der Waals surface area (Å²) in [6, 6.07) is 12.9. The lowest BCUT2D eigenvalue weighted by Crippen LogP contribution is -2.19. The van der Waals surface area contributed by atoms with Crippen LogP contribution in [0, 0.1) is 24.0 Å². The summed E-state index contributed by atoms with van der Waals surface area (Å²) in [7, 11) is 0. The number of aryl methyl sites for hydroxylation is 1. The van der Waals surface area contributed by atoms with E-state index in [1.54, 1.807) is 12.1 Å². The number of nitro benzene ring substituents is 1. The number of halogens is 2. The van der Waals surface area contributed by atoms with E-state index >= 15 is 0 Å². The second-order valence-corrected chi connectivity index (χ2v) is 6.99. The van der Waals surface area contributed by atoms with Crippen molar-refractivity contribution in [3.05, 3.63) is 91.2 Å². The number of amides is 1. The molecule has 1 aromatic heterocycles. The van der Waals surface area contributed by atoms with Crippen LogP contribution in [-0.4, -0.2) is 21.6 Å². The molecule has 0 atom stereocenters. The summed E-state index contributed by atoms with van der Waals surface area (Å²) in [4.78, 5) is 22.7. The van der Waals surface area contributed by atoms with Crippen LogP contribution in [0.2, 0.25) is 10.0 Å². The van der Waals surface area contributed by atoms with Crippen LogP contribution in [-0.2, 0) is 0 Å². The molecule has 2 aromatic carbocycles. The quantitative estimate of drug-likeness (QED) is 0.347. The number of nitrogens with one attached hydrogen (secondary N) is 1. The van der Waals surface area contributed by atoms with E-state index < -0.39 is 10.8 Å². The summed E-state index contributed by atoms with van der Waals surface area (Å²) < 4.78 is 1.93. The average Bonchev–Trinajstić information content (AvgIpc) is 2.97. The van der Waals surface area contributed by atoms with E-state index in [0.29, 0.717) is 10.0 Å². The van der Waals surface area contributed by atoms with Gasteiger partial charge in [-0.1, -0.05) is 41.4 Å². The topological polar surface area (TPSA) is 89.5 Å². The monoisotopic (exact) mass is 430 g/mol. The molecule has 1 N–H and O–H groups in total. The van der Waals surface area contributed by atoms with Crippen LogP contribution in [0.25, 0.3) is 5.69 Å². The number of hydrogen-bond acceptors (Lipinski definition) is 4. The molecule has 0 unspecified atom stereocenters. The molecule has 0 saturated heterocycles. The maximum atomic E-state index is 12.3. The number of nitrogens with zero attached hydrogens (tertiary/aromatic N) is 3. The van der Waals surface area contributed by atoms with Gasteiger partial charge in [0, 0.05) is 23.0 Å². The number of benzene rings is 2. The van der Waals surface area contributed by atoms with Crippen molar-refractivity contribution < 1.29 is 9.72 Å². The SMILES string of the molecule is Cc1cc(/C=N\NC(=O)c2ccccc2[N+](=O)[O-])c(C)n1-c1cccc(Cl)c1Cl. The molecular weight excluding hydrogens is 415 g/mol. The number of carbonyl (C=O) groups excluding carboxylic acids is 1. The molecule has 0 fully saturated rings. The molecule has 148 valence electrons. The Labute approximate surface area is 176 Å². The molecule has 1 heterocycles. The molecule has 9 heteroatoms. The van der Waals surface area contributed by atoms with Crippen molar-refractivity contribution in [3.63, 3.8) is 0 Å². The van der Waals surface area contributed by atoms with Gasteiger partial charge in [-0.3, -0.25) is 14.9 Å². The van der Waals surface area contributed by atoms with E-state index in [0.717, 1.165) is 22.6 Å². The first kappa shape index (κ1) is 20.6. The summed E-state index contributed by atoms with van der Waals surface area (Å²) in [6.45, 7) is 3.79. The number of hydrazone groups is 1. The fourth-order valence-corrected chi connectivity index (χ4v) is 3.38. The standard InChI is InChI=1S/C20H16Cl2N4O3/c1-12-10-14(13(2)25(12)18-9-5-7-16(21)19(18)22)11-23-24-20(27)15-6-3-4-8-17(15)26(28)29/h3-11H,1-2H3,(H,24,27)/b23-11-. The third-order valence-electron chi connectivity index (χ3n) is 4.36. The van der Waals surface area contributed by atoms with Crippen molar-refractivity contribution >= 4 is 41.0 Å². The number of para-hydroxylation sites is 1. The van der Waals surface area contributed by atoms with Crippen LogP contribution in [0.3, 0.4) is 0 Å². The van der Waals surface area contributed by atoms with Gasteiger partial charge in [0.1, 0.15) is 5.56 Å². The summed E-state index contributed by atoms with van der Waals surface area (Å²) >= 11 is 12.5. The number of nitro groups is 1. The van der Waals surface area contributed by atoms with Gasteiger partial charge in [-0.15, -0.1) is 0 Å². The highest BCUT2D eigenvalue weighted by molar-refractivity contribution is 6.43. The van der Waals surface area contributed by atoms with Gasteiger partial charge in [0.25, 0.3) is 11.6 Å². The van der Waals surface area contributed by atoms with Crippen LogP contribution in [0.15, 0.2) is 53.6 Å². The predicted molar refractivity (Wildman–Crippen MR) is 113 cm³/mol. The van der Waals surface area contributed by atoms with Crippen molar-refractivity contribution in [3.8, 4) is 5.69 Å². The number of aromatic nitrogens is 1. The third kappa shape index (κ3) is 4.16. The van der Waals surface area contributed by atoms with Gasteiger partial charge in [0.2, 0.25) is 0 Å². The fourth-order valence-electron chi connectivity index (χ4n) is 3.00. The minimum absolute atomic E-state index is 0.0640. The van der Waals surface area contributed by atoms with E-state index in [2.05, 4.69) is 10.5 Å². The molecule has 0 aliphatic rings. The van der Waals surface area contributed by atoms with Gasteiger partial charge >= 0.3 is 0 Å². The Kier molecular flexibility index (Phi) is 6.00. The molecule has 0 radical (unpaired) electrons. The van der Waals surface area contributed by atoms with Crippen molar-refractivity contribution in [2.45, 2.75) is 13.8 Å². The summed E-state index contributed by atoms with van der Waals surface area (Å²) in [5, 5.41) is 15.9. The molecule has 29 heavy (non-hydrogen) atoms. The number of rotatable bonds is 5. The molecule has 3 rings (SSSR count). The maximum Gasteiger partial charge on any atom is 0.282 e. The summed E-state index contributed by atoms with van der Waals surface area (Å²) in [5.74, 6) is -0.666. The normalized spacial score (nSPS) is 11.0. The molecule has 7 nitrogen and oxygen atoms in total. The largest absolute Gasteiger partial charge is 0.316 e. The number of carbonyl (C=O) groups is 1. The second kappa shape index (κ2) is 8.46.